The highest BCUT2D eigenvalue weighted by molar-refractivity contribution is 5.98. The standard InChI is InChI=1S/C34H29NO3/c1-38-32(36)31(24-26-16-13-15-25-14-11-12-23-30(25)26)35-33(37)34(27-17-5-2-6-18-27,28-19-7-3-8-20-28)29-21-9-4-10-22-29/h2-23,31H,24H2,1H3,(H,35,37)/t31-/m0/s1. The second-order valence-corrected chi connectivity index (χ2v) is 9.24. The lowest BCUT2D eigenvalue weighted by Gasteiger charge is -2.35. The van der Waals surface area contributed by atoms with Crippen molar-refractivity contribution in [1.29, 1.82) is 0 Å². The van der Waals surface area contributed by atoms with Crippen molar-refractivity contribution in [3.8, 4) is 0 Å². The number of carbonyl (C=O) groups excluding carboxylic acids is 2. The molecule has 1 amide bonds. The van der Waals surface area contributed by atoms with E-state index in [1.54, 1.807) is 0 Å². The molecule has 0 aliphatic carbocycles. The van der Waals surface area contributed by atoms with Crippen molar-refractivity contribution in [3.63, 3.8) is 0 Å². The molecule has 0 aromatic heterocycles. The molecular formula is C34H29NO3. The number of benzene rings is 5. The maximum absolute atomic E-state index is 14.6. The Labute approximate surface area is 222 Å². The number of carbonyl (C=O) groups is 2. The lowest BCUT2D eigenvalue weighted by atomic mass is 9.68. The molecule has 0 unspecified atom stereocenters. The van der Waals surface area contributed by atoms with Crippen LogP contribution in [0.3, 0.4) is 0 Å². The number of methoxy groups -OCH3 is 1. The van der Waals surface area contributed by atoms with Crippen molar-refractivity contribution in [2.75, 3.05) is 7.11 Å². The van der Waals surface area contributed by atoms with Gasteiger partial charge in [-0.05, 0) is 33.0 Å². The van der Waals surface area contributed by atoms with Crippen LogP contribution in [0, 0.1) is 0 Å². The predicted molar refractivity (Wildman–Crippen MR) is 151 cm³/mol. The van der Waals surface area contributed by atoms with E-state index in [1.807, 2.05) is 133 Å². The van der Waals surface area contributed by atoms with Gasteiger partial charge in [0.15, 0.2) is 0 Å². The minimum Gasteiger partial charge on any atom is -0.467 e. The number of esters is 1. The van der Waals surface area contributed by atoms with Gasteiger partial charge in [0.2, 0.25) is 5.91 Å². The number of rotatable bonds is 8. The summed E-state index contributed by atoms with van der Waals surface area (Å²) in [6.07, 6.45) is 0.300. The molecular weight excluding hydrogens is 470 g/mol. The van der Waals surface area contributed by atoms with Crippen LogP contribution in [0.25, 0.3) is 10.8 Å². The van der Waals surface area contributed by atoms with Gasteiger partial charge >= 0.3 is 5.97 Å². The monoisotopic (exact) mass is 499 g/mol. The van der Waals surface area contributed by atoms with Gasteiger partial charge < -0.3 is 10.1 Å². The second-order valence-electron chi connectivity index (χ2n) is 9.24. The van der Waals surface area contributed by atoms with E-state index >= 15 is 0 Å². The molecule has 0 saturated carbocycles. The molecule has 5 aromatic rings. The third-order valence-corrected chi connectivity index (χ3v) is 7.06. The molecule has 1 atom stereocenters. The van der Waals surface area contributed by atoms with Crippen molar-refractivity contribution in [3.05, 3.63) is 156 Å². The molecule has 0 heterocycles. The lowest BCUT2D eigenvalue weighted by Crippen LogP contribution is -2.52. The van der Waals surface area contributed by atoms with Crippen LogP contribution in [0.1, 0.15) is 22.3 Å². The Balaban J connectivity index is 1.63. The number of hydrogen-bond acceptors (Lipinski definition) is 3. The van der Waals surface area contributed by atoms with Gasteiger partial charge in [0.1, 0.15) is 11.5 Å². The SMILES string of the molecule is COC(=O)[C@H](Cc1cccc2ccccc12)NC(=O)C(c1ccccc1)(c1ccccc1)c1ccccc1. The minimum absolute atomic E-state index is 0.295. The highest BCUT2D eigenvalue weighted by Gasteiger charge is 2.45. The Morgan fingerprint density at radius 1 is 0.658 bits per heavy atom. The Kier molecular flexibility index (Phi) is 7.32. The van der Waals surface area contributed by atoms with Crippen molar-refractivity contribution >= 4 is 22.6 Å². The van der Waals surface area contributed by atoms with Crippen LogP contribution < -0.4 is 5.32 Å². The summed E-state index contributed by atoms with van der Waals surface area (Å²) in [6.45, 7) is 0. The molecule has 4 nitrogen and oxygen atoms in total. The predicted octanol–water partition coefficient (Wildman–Crippen LogP) is 6.07. The summed E-state index contributed by atoms with van der Waals surface area (Å²) < 4.78 is 5.17. The Hall–Kier alpha value is -4.70. The molecule has 188 valence electrons. The summed E-state index contributed by atoms with van der Waals surface area (Å²) in [7, 11) is 1.35. The molecule has 5 rings (SSSR count). The van der Waals surface area contributed by atoms with E-state index in [4.69, 9.17) is 4.74 Å². The maximum Gasteiger partial charge on any atom is 0.328 e. The number of ether oxygens (including phenoxy) is 1. The molecule has 0 radical (unpaired) electrons. The highest BCUT2D eigenvalue weighted by Crippen LogP contribution is 2.39. The maximum atomic E-state index is 14.6. The first kappa shape index (κ1) is 25.0. The normalized spacial score (nSPS) is 12.0. The first-order valence-corrected chi connectivity index (χ1v) is 12.7. The smallest absolute Gasteiger partial charge is 0.328 e. The Morgan fingerprint density at radius 2 is 1.13 bits per heavy atom. The van der Waals surface area contributed by atoms with E-state index in [2.05, 4.69) is 5.32 Å². The van der Waals surface area contributed by atoms with Crippen LogP contribution in [0.2, 0.25) is 0 Å². The fourth-order valence-electron chi connectivity index (χ4n) is 5.25. The number of hydrogen-bond donors (Lipinski definition) is 1. The quantitative estimate of drug-likeness (QED) is 0.208. The van der Waals surface area contributed by atoms with Gasteiger partial charge in [-0.1, -0.05) is 133 Å². The van der Waals surface area contributed by atoms with Crippen molar-refractivity contribution in [1.82, 2.24) is 5.32 Å². The van der Waals surface area contributed by atoms with Crippen LogP contribution >= 0.6 is 0 Å². The molecule has 0 bridgehead atoms. The van der Waals surface area contributed by atoms with Crippen LogP contribution in [-0.4, -0.2) is 25.0 Å². The van der Waals surface area contributed by atoms with Gasteiger partial charge in [-0.25, -0.2) is 4.79 Å². The molecule has 0 aliphatic rings. The Bertz CT molecular complexity index is 1430. The summed E-state index contributed by atoms with van der Waals surface area (Å²) in [5, 5.41) is 5.22. The minimum atomic E-state index is -1.19. The molecule has 4 heteroatoms. The number of amides is 1. The van der Waals surface area contributed by atoms with E-state index < -0.39 is 17.4 Å². The summed E-state index contributed by atoms with van der Waals surface area (Å²) in [5.74, 6) is -0.786. The van der Waals surface area contributed by atoms with E-state index in [0.29, 0.717) is 6.42 Å². The highest BCUT2D eigenvalue weighted by atomic mass is 16.5. The zero-order chi connectivity index (χ0) is 26.4. The van der Waals surface area contributed by atoms with Gasteiger partial charge in [0.25, 0.3) is 0 Å². The molecule has 38 heavy (non-hydrogen) atoms. The largest absolute Gasteiger partial charge is 0.467 e. The second kappa shape index (κ2) is 11.1. The summed E-state index contributed by atoms with van der Waals surface area (Å²) in [5.41, 5.74) is 2.20. The van der Waals surface area contributed by atoms with E-state index in [9.17, 15) is 9.59 Å². The molecule has 0 fully saturated rings. The lowest BCUT2D eigenvalue weighted by molar-refractivity contribution is -0.145. The fraction of sp³-hybridized carbons (Fsp3) is 0.118. The molecule has 0 saturated heterocycles. The molecule has 1 N–H and O–H groups in total. The zero-order valence-electron chi connectivity index (χ0n) is 21.2. The third kappa shape index (κ3) is 4.69. The molecule has 0 spiro atoms. The van der Waals surface area contributed by atoms with Gasteiger partial charge in [-0.2, -0.15) is 0 Å². The average molecular weight is 500 g/mol. The summed E-state index contributed by atoms with van der Waals surface area (Å²) >= 11 is 0. The van der Waals surface area contributed by atoms with Crippen LogP contribution in [0.4, 0.5) is 0 Å². The average Bonchev–Trinajstić information content (AvgIpc) is 2.98. The third-order valence-electron chi connectivity index (χ3n) is 7.06. The van der Waals surface area contributed by atoms with Crippen molar-refractivity contribution < 1.29 is 14.3 Å². The van der Waals surface area contributed by atoms with E-state index in [0.717, 1.165) is 33.0 Å². The van der Waals surface area contributed by atoms with Crippen molar-refractivity contribution in [2.45, 2.75) is 17.9 Å². The van der Waals surface area contributed by atoms with Gasteiger partial charge in [0.05, 0.1) is 7.11 Å². The topological polar surface area (TPSA) is 55.4 Å². The summed E-state index contributed by atoms with van der Waals surface area (Å²) in [4.78, 5) is 27.7. The first-order chi connectivity index (χ1) is 18.6. The van der Waals surface area contributed by atoms with Crippen molar-refractivity contribution in [2.24, 2.45) is 0 Å². The van der Waals surface area contributed by atoms with E-state index in [-0.39, 0.29) is 5.91 Å². The van der Waals surface area contributed by atoms with Crippen LogP contribution in [0.5, 0.6) is 0 Å². The van der Waals surface area contributed by atoms with Gasteiger partial charge in [-0.3, -0.25) is 4.79 Å². The van der Waals surface area contributed by atoms with Crippen LogP contribution in [-0.2, 0) is 26.2 Å². The Morgan fingerprint density at radius 3 is 1.66 bits per heavy atom. The van der Waals surface area contributed by atoms with Gasteiger partial charge in [-0.15, -0.1) is 0 Å². The zero-order valence-corrected chi connectivity index (χ0v) is 21.2. The van der Waals surface area contributed by atoms with E-state index in [1.165, 1.54) is 7.11 Å². The number of nitrogens with one attached hydrogen (secondary N) is 1. The first-order valence-electron chi connectivity index (χ1n) is 12.7. The molecule has 5 aromatic carbocycles. The molecule has 0 aliphatic heterocycles. The fourth-order valence-corrected chi connectivity index (χ4v) is 5.25. The number of fused-ring (bicyclic) bond motifs is 1. The van der Waals surface area contributed by atoms with Gasteiger partial charge in [0, 0.05) is 6.42 Å². The van der Waals surface area contributed by atoms with Crippen LogP contribution in [0.15, 0.2) is 133 Å². The summed E-state index contributed by atoms with van der Waals surface area (Å²) in [6, 6.07) is 42.2.